The number of hydrogen-bond acceptors (Lipinski definition) is 1. The lowest BCUT2D eigenvalue weighted by molar-refractivity contribution is -0.274. The molecule has 22 heavy (non-hydrogen) atoms. The first-order valence-corrected chi connectivity index (χ1v) is 5.81. The quantitative estimate of drug-likeness (QED) is 0.550. The Hall–Kier alpha value is -2.25. The minimum atomic E-state index is -5.13. The molecule has 0 amide bonds. The Kier molecular flexibility index (Phi) is 4.04. The molecule has 0 aromatic heterocycles. The highest BCUT2D eigenvalue weighted by molar-refractivity contribution is 5.72. The van der Waals surface area contributed by atoms with Gasteiger partial charge in [0, 0.05) is 11.1 Å². The zero-order valence-corrected chi connectivity index (χ0v) is 10.9. The van der Waals surface area contributed by atoms with E-state index in [0.29, 0.717) is 0 Å². The van der Waals surface area contributed by atoms with Crippen molar-refractivity contribution in [3.8, 4) is 16.9 Å². The van der Waals surface area contributed by atoms with Crippen LogP contribution in [0, 0.1) is 30.2 Å². The Morgan fingerprint density at radius 1 is 0.818 bits per heavy atom. The molecule has 0 atom stereocenters. The lowest BCUT2D eigenvalue weighted by Gasteiger charge is -2.15. The lowest BCUT2D eigenvalue weighted by atomic mass is 10.0. The van der Waals surface area contributed by atoms with Gasteiger partial charge in [0.2, 0.25) is 0 Å². The Balaban J connectivity index is 2.74. The van der Waals surface area contributed by atoms with Crippen LogP contribution in [0.2, 0.25) is 0 Å². The highest BCUT2D eigenvalue weighted by Crippen LogP contribution is 2.38. The molecule has 1 nitrogen and oxygen atoms in total. The molecule has 0 bridgehead atoms. The van der Waals surface area contributed by atoms with Crippen LogP contribution in [0.4, 0.5) is 30.7 Å². The predicted octanol–water partition coefficient (Wildman–Crippen LogP) is 5.12. The van der Waals surface area contributed by atoms with E-state index in [4.69, 9.17) is 0 Å². The standard InChI is InChI=1S/C14H7F7O/c1-6-10(15)12(17)9(13(18)11(6)16)7-4-2-3-5-8(7)22-14(19,20)21/h2-5H,1H3. The van der Waals surface area contributed by atoms with Gasteiger partial charge >= 0.3 is 6.36 Å². The van der Waals surface area contributed by atoms with E-state index in [9.17, 15) is 30.7 Å². The third-order valence-electron chi connectivity index (χ3n) is 2.86. The monoisotopic (exact) mass is 324 g/mol. The molecule has 0 fully saturated rings. The van der Waals surface area contributed by atoms with E-state index in [-0.39, 0.29) is 0 Å². The normalized spacial score (nSPS) is 11.6. The molecule has 8 heteroatoms. The smallest absolute Gasteiger partial charge is 0.405 e. The van der Waals surface area contributed by atoms with Gasteiger partial charge < -0.3 is 4.74 Å². The van der Waals surface area contributed by atoms with Crippen molar-refractivity contribution >= 4 is 0 Å². The van der Waals surface area contributed by atoms with E-state index in [1.54, 1.807) is 0 Å². The van der Waals surface area contributed by atoms with Crippen molar-refractivity contribution < 1.29 is 35.5 Å². The molecular formula is C14H7F7O. The Labute approximate surface area is 119 Å². The molecule has 118 valence electrons. The van der Waals surface area contributed by atoms with Crippen LogP contribution in [0.3, 0.4) is 0 Å². The summed E-state index contributed by atoms with van der Waals surface area (Å²) in [5.74, 6) is -7.94. The number of ether oxygens (including phenoxy) is 1. The largest absolute Gasteiger partial charge is 0.573 e. The molecule has 0 saturated heterocycles. The molecule has 2 aromatic rings. The topological polar surface area (TPSA) is 9.23 Å². The second kappa shape index (κ2) is 5.51. The fraction of sp³-hybridized carbons (Fsp3) is 0.143. The summed E-state index contributed by atoms with van der Waals surface area (Å²) < 4.78 is 95.4. The predicted molar refractivity (Wildman–Crippen MR) is 63.1 cm³/mol. The number of benzene rings is 2. The summed E-state index contributed by atoms with van der Waals surface area (Å²) in [6.07, 6.45) is -5.13. The van der Waals surface area contributed by atoms with E-state index in [2.05, 4.69) is 4.74 Å². The SMILES string of the molecule is Cc1c(F)c(F)c(-c2ccccc2OC(F)(F)F)c(F)c1F. The van der Waals surface area contributed by atoms with Gasteiger partial charge in [0.05, 0.1) is 5.56 Å². The van der Waals surface area contributed by atoms with Gasteiger partial charge in [0.1, 0.15) is 5.75 Å². The summed E-state index contributed by atoms with van der Waals surface area (Å²) in [7, 11) is 0. The highest BCUT2D eigenvalue weighted by atomic mass is 19.4. The highest BCUT2D eigenvalue weighted by Gasteiger charge is 2.33. The van der Waals surface area contributed by atoms with Crippen molar-refractivity contribution in [3.05, 3.63) is 53.1 Å². The first-order valence-electron chi connectivity index (χ1n) is 5.81. The molecule has 0 unspecified atom stereocenters. The van der Waals surface area contributed by atoms with Crippen molar-refractivity contribution in [3.63, 3.8) is 0 Å². The Morgan fingerprint density at radius 3 is 1.82 bits per heavy atom. The lowest BCUT2D eigenvalue weighted by Crippen LogP contribution is -2.18. The number of hydrogen-bond donors (Lipinski definition) is 0. The number of alkyl halides is 3. The second-order valence-electron chi connectivity index (χ2n) is 4.30. The third kappa shape index (κ3) is 2.86. The first kappa shape index (κ1) is 16.1. The molecule has 0 heterocycles. The van der Waals surface area contributed by atoms with E-state index >= 15 is 0 Å². The van der Waals surface area contributed by atoms with Crippen LogP contribution < -0.4 is 4.74 Å². The van der Waals surface area contributed by atoms with Crippen LogP contribution >= 0.6 is 0 Å². The summed E-state index contributed by atoms with van der Waals surface area (Å²) in [5, 5.41) is 0. The van der Waals surface area contributed by atoms with Crippen molar-refractivity contribution in [2.75, 3.05) is 0 Å². The van der Waals surface area contributed by atoms with Crippen LogP contribution in [0.25, 0.3) is 11.1 Å². The van der Waals surface area contributed by atoms with E-state index in [1.807, 2.05) is 0 Å². The van der Waals surface area contributed by atoms with Crippen molar-refractivity contribution in [2.45, 2.75) is 13.3 Å². The van der Waals surface area contributed by atoms with Gasteiger partial charge in [0.15, 0.2) is 23.3 Å². The molecule has 2 aromatic carbocycles. The molecule has 2 rings (SSSR count). The Bertz CT molecular complexity index is 693. The number of rotatable bonds is 2. The summed E-state index contributed by atoms with van der Waals surface area (Å²) in [4.78, 5) is 0. The zero-order valence-electron chi connectivity index (χ0n) is 10.9. The molecule has 0 spiro atoms. The van der Waals surface area contributed by atoms with E-state index in [1.165, 1.54) is 0 Å². The fourth-order valence-electron chi connectivity index (χ4n) is 1.86. The van der Waals surface area contributed by atoms with Crippen molar-refractivity contribution in [2.24, 2.45) is 0 Å². The average molecular weight is 324 g/mol. The van der Waals surface area contributed by atoms with Gasteiger partial charge in [-0.15, -0.1) is 13.2 Å². The number of halogens is 7. The minimum Gasteiger partial charge on any atom is -0.405 e. The van der Waals surface area contributed by atoms with Crippen molar-refractivity contribution in [1.82, 2.24) is 0 Å². The van der Waals surface area contributed by atoms with E-state index < -0.39 is 52.1 Å². The van der Waals surface area contributed by atoms with Crippen molar-refractivity contribution in [1.29, 1.82) is 0 Å². The average Bonchev–Trinajstić information content (AvgIpc) is 2.43. The van der Waals surface area contributed by atoms with Crippen LogP contribution in [0.5, 0.6) is 5.75 Å². The maximum absolute atomic E-state index is 13.9. The van der Waals surface area contributed by atoms with Gasteiger partial charge in [-0.25, -0.2) is 17.6 Å². The Morgan fingerprint density at radius 2 is 1.32 bits per heavy atom. The maximum atomic E-state index is 13.9. The van der Waals surface area contributed by atoms with Gasteiger partial charge in [0.25, 0.3) is 0 Å². The summed E-state index contributed by atoms with van der Waals surface area (Å²) in [5.41, 5.74) is -2.93. The molecule has 0 radical (unpaired) electrons. The van der Waals surface area contributed by atoms with Gasteiger partial charge in [-0.3, -0.25) is 0 Å². The molecule has 0 aliphatic rings. The second-order valence-corrected chi connectivity index (χ2v) is 4.30. The van der Waals surface area contributed by atoms with Gasteiger partial charge in [-0.05, 0) is 13.0 Å². The van der Waals surface area contributed by atoms with Crippen LogP contribution in [0.15, 0.2) is 24.3 Å². The summed E-state index contributed by atoms with van der Waals surface area (Å²) in [6, 6.07) is 3.89. The van der Waals surface area contributed by atoms with Gasteiger partial charge in [-0.1, -0.05) is 18.2 Å². The molecule has 0 N–H and O–H groups in total. The molecule has 0 aliphatic heterocycles. The minimum absolute atomic E-state index is 0.757. The first-order chi connectivity index (χ1) is 10.1. The third-order valence-corrected chi connectivity index (χ3v) is 2.86. The zero-order chi connectivity index (χ0) is 16.7. The van der Waals surface area contributed by atoms with Crippen LogP contribution in [-0.4, -0.2) is 6.36 Å². The van der Waals surface area contributed by atoms with Gasteiger partial charge in [-0.2, -0.15) is 0 Å². The maximum Gasteiger partial charge on any atom is 0.573 e. The summed E-state index contributed by atoms with van der Waals surface area (Å²) in [6.45, 7) is 0.804. The number of para-hydroxylation sites is 1. The molecule has 0 aliphatic carbocycles. The van der Waals surface area contributed by atoms with Crippen LogP contribution in [-0.2, 0) is 0 Å². The molecular weight excluding hydrogens is 317 g/mol. The van der Waals surface area contributed by atoms with Crippen LogP contribution in [0.1, 0.15) is 5.56 Å². The van der Waals surface area contributed by atoms with E-state index in [0.717, 1.165) is 31.2 Å². The fourth-order valence-corrected chi connectivity index (χ4v) is 1.86. The summed E-state index contributed by atoms with van der Waals surface area (Å²) >= 11 is 0. The molecule has 0 saturated carbocycles.